The summed E-state index contributed by atoms with van der Waals surface area (Å²) in [6, 6.07) is 0.489. The molecule has 13 heteroatoms. The van der Waals surface area contributed by atoms with Gasteiger partial charge in [-0.25, -0.2) is 26.7 Å². The molecule has 0 spiro atoms. The lowest BCUT2D eigenvalue weighted by Gasteiger charge is -2.36. The van der Waals surface area contributed by atoms with Crippen molar-refractivity contribution in [1.82, 2.24) is 28.7 Å². The van der Waals surface area contributed by atoms with Gasteiger partial charge in [-0.05, 0) is 25.8 Å². The molecule has 0 aromatic carbocycles. The summed E-state index contributed by atoms with van der Waals surface area (Å²) >= 11 is 6.29. The van der Waals surface area contributed by atoms with Gasteiger partial charge in [0, 0.05) is 37.3 Å². The first-order chi connectivity index (χ1) is 15.0. The van der Waals surface area contributed by atoms with Crippen molar-refractivity contribution >= 4 is 38.8 Å². The van der Waals surface area contributed by atoms with E-state index in [1.807, 2.05) is 6.07 Å². The first kappa shape index (κ1) is 21.5. The van der Waals surface area contributed by atoms with E-state index >= 15 is 0 Å². The maximum Gasteiger partial charge on any atom is 0.272 e. The van der Waals surface area contributed by atoms with Crippen LogP contribution in [-0.2, 0) is 10.0 Å². The summed E-state index contributed by atoms with van der Waals surface area (Å²) in [4.78, 5) is 4.29. The van der Waals surface area contributed by atoms with Crippen molar-refractivity contribution in [2.24, 2.45) is 0 Å². The normalized spacial score (nSPS) is 21.8. The minimum atomic E-state index is -3.58. The second kappa shape index (κ2) is 7.35. The summed E-state index contributed by atoms with van der Waals surface area (Å²) in [5.74, 6) is -2.39. The fourth-order valence-electron chi connectivity index (χ4n) is 4.02. The maximum atomic E-state index is 14.6. The molecular weight excluding hydrogens is 464 g/mol. The molecular formula is C19H22ClF2N7O2S. The van der Waals surface area contributed by atoms with Gasteiger partial charge in [-0.3, -0.25) is 4.68 Å². The number of hydrogen-bond donors (Lipinski definition) is 1. The average Bonchev–Trinajstić information content (AvgIpc) is 3.41. The van der Waals surface area contributed by atoms with Crippen LogP contribution >= 0.6 is 11.6 Å². The van der Waals surface area contributed by atoms with Crippen molar-refractivity contribution in [2.45, 2.75) is 44.1 Å². The number of piperidine rings is 1. The summed E-state index contributed by atoms with van der Waals surface area (Å²) < 4.78 is 57.0. The predicted molar refractivity (Wildman–Crippen MR) is 115 cm³/mol. The number of nitrogens with one attached hydrogen (secondary N) is 1. The molecule has 1 unspecified atom stereocenters. The summed E-state index contributed by atoms with van der Waals surface area (Å²) in [7, 11) is -3.58. The van der Waals surface area contributed by atoms with Crippen molar-refractivity contribution in [3.05, 3.63) is 34.9 Å². The fourth-order valence-corrected chi connectivity index (χ4v) is 5.10. The van der Waals surface area contributed by atoms with E-state index in [1.165, 1.54) is 6.20 Å². The number of sulfonamides is 1. The van der Waals surface area contributed by atoms with Gasteiger partial charge in [0.15, 0.2) is 0 Å². The summed E-state index contributed by atoms with van der Waals surface area (Å²) in [5.41, 5.74) is 2.65. The topological polar surface area (TPSA) is 97.4 Å². The minimum absolute atomic E-state index is 0.218. The number of halogens is 3. The van der Waals surface area contributed by atoms with Crippen molar-refractivity contribution in [3.8, 4) is 0 Å². The molecule has 1 saturated carbocycles. The van der Waals surface area contributed by atoms with E-state index in [9.17, 15) is 17.2 Å². The second-order valence-corrected chi connectivity index (χ2v) is 10.8. The van der Waals surface area contributed by atoms with Crippen LogP contribution in [0.15, 0.2) is 18.5 Å². The third-order valence-corrected chi connectivity index (χ3v) is 7.57. The quantitative estimate of drug-likeness (QED) is 0.595. The number of aromatic nitrogens is 5. The fraction of sp³-hybridized carbons (Fsp3) is 0.526. The number of fused-ring (bicyclic) bond motifs is 1. The highest BCUT2D eigenvalue weighted by atomic mass is 35.5. The largest absolute Gasteiger partial charge is 0.320 e. The molecule has 2 fully saturated rings. The number of nitrogens with zero attached hydrogens (tertiary/aromatic N) is 6. The van der Waals surface area contributed by atoms with Crippen LogP contribution in [0.25, 0.3) is 5.52 Å². The number of alkyl halides is 2. The Morgan fingerprint density at radius 2 is 2.03 bits per heavy atom. The van der Waals surface area contributed by atoms with E-state index < -0.39 is 28.4 Å². The summed E-state index contributed by atoms with van der Waals surface area (Å²) in [6.45, 7) is 1.11. The zero-order valence-corrected chi connectivity index (χ0v) is 19.0. The van der Waals surface area contributed by atoms with Crippen LogP contribution in [0.5, 0.6) is 0 Å². The maximum absolute atomic E-state index is 14.6. The van der Waals surface area contributed by atoms with E-state index in [4.69, 9.17) is 11.6 Å². The molecule has 1 aliphatic carbocycles. The molecule has 1 saturated heterocycles. The number of anilines is 2. The zero-order chi connectivity index (χ0) is 22.8. The Morgan fingerprint density at radius 1 is 1.28 bits per heavy atom. The molecule has 9 nitrogen and oxygen atoms in total. The second-order valence-electron chi connectivity index (χ2n) is 8.45. The van der Waals surface area contributed by atoms with E-state index in [1.54, 1.807) is 17.6 Å². The molecule has 0 bridgehead atoms. The van der Waals surface area contributed by atoms with E-state index in [0.29, 0.717) is 27.8 Å². The smallest absolute Gasteiger partial charge is 0.272 e. The van der Waals surface area contributed by atoms with Crippen LogP contribution in [0.3, 0.4) is 0 Å². The lowest BCUT2D eigenvalue weighted by molar-refractivity contribution is -0.0885. The standard InChI is InChI=1S/C19H22ClF2N7O2S/c1-11-14(9-28(25-11)17-10-27(32(2,30)31)6-5-19(17,21)22)24-18-23-8-16-13(20)7-15(12-3-4-12)29(16)26-18/h7-9,12,17H,3-6,10H2,1-2H3,(H,24,26). The van der Waals surface area contributed by atoms with Gasteiger partial charge in [0.2, 0.25) is 16.0 Å². The van der Waals surface area contributed by atoms with Crippen LogP contribution in [0.4, 0.5) is 20.4 Å². The monoisotopic (exact) mass is 485 g/mol. The Bertz CT molecular complexity index is 1300. The van der Waals surface area contributed by atoms with Gasteiger partial charge in [0.05, 0.1) is 28.9 Å². The highest BCUT2D eigenvalue weighted by Crippen LogP contribution is 2.42. The first-order valence-corrected chi connectivity index (χ1v) is 12.5. The van der Waals surface area contributed by atoms with Gasteiger partial charge in [0.25, 0.3) is 5.92 Å². The van der Waals surface area contributed by atoms with E-state index in [-0.39, 0.29) is 19.0 Å². The lowest BCUT2D eigenvalue weighted by Crippen LogP contribution is -2.49. The number of hydrogen-bond acceptors (Lipinski definition) is 6. The molecule has 1 aliphatic heterocycles. The van der Waals surface area contributed by atoms with E-state index in [0.717, 1.165) is 33.8 Å². The van der Waals surface area contributed by atoms with Gasteiger partial charge in [-0.1, -0.05) is 11.6 Å². The Hall–Kier alpha value is -2.31. The molecule has 1 atom stereocenters. The third-order valence-electron chi connectivity index (χ3n) is 6.00. The molecule has 2 aliphatic rings. The van der Waals surface area contributed by atoms with Gasteiger partial charge in [-0.15, -0.1) is 5.10 Å². The van der Waals surface area contributed by atoms with Gasteiger partial charge in [0.1, 0.15) is 11.6 Å². The molecule has 0 amide bonds. The molecule has 32 heavy (non-hydrogen) atoms. The molecule has 4 heterocycles. The number of aryl methyl sites for hydroxylation is 1. The summed E-state index contributed by atoms with van der Waals surface area (Å²) in [6.07, 6.45) is 5.68. The van der Waals surface area contributed by atoms with Crippen molar-refractivity contribution in [3.63, 3.8) is 0 Å². The van der Waals surface area contributed by atoms with Crippen LogP contribution in [0, 0.1) is 6.92 Å². The number of rotatable bonds is 5. The highest BCUT2D eigenvalue weighted by molar-refractivity contribution is 7.88. The van der Waals surface area contributed by atoms with E-state index in [2.05, 4.69) is 20.5 Å². The van der Waals surface area contributed by atoms with Crippen LogP contribution < -0.4 is 5.32 Å². The Morgan fingerprint density at radius 3 is 2.72 bits per heavy atom. The zero-order valence-electron chi connectivity index (χ0n) is 17.5. The molecule has 3 aromatic heterocycles. The molecule has 1 N–H and O–H groups in total. The van der Waals surface area contributed by atoms with Gasteiger partial charge >= 0.3 is 0 Å². The minimum Gasteiger partial charge on any atom is -0.320 e. The SMILES string of the molecule is Cc1nn(C2CN(S(C)(=O)=O)CCC2(F)F)cc1Nc1ncc2c(Cl)cc(C3CC3)n2n1. The molecule has 5 rings (SSSR count). The third kappa shape index (κ3) is 3.84. The molecule has 3 aromatic rings. The first-order valence-electron chi connectivity index (χ1n) is 10.2. The Balaban J connectivity index is 1.44. The predicted octanol–water partition coefficient (Wildman–Crippen LogP) is 3.35. The summed E-state index contributed by atoms with van der Waals surface area (Å²) in [5, 5.41) is 12.4. The van der Waals surface area contributed by atoms with Gasteiger partial charge < -0.3 is 5.32 Å². The van der Waals surface area contributed by atoms with Crippen molar-refractivity contribution in [2.75, 3.05) is 24.7 Å². The lowest BCUT2D eigenvalue weighted by atomic mass is 10.0. The molecule has 0 radical (unpaired) electrons. The Labute approximate surface area is 188 Å². The van der Waals surface area contributed by atoms with Crippen LogP contribution in [0.1, 0.15) is 42.6 Å². The van der Waals surface area contributed by atoms with Crippen molar-refractivity contribution < 1.29 is 17.2 Å². The van der Waals surface area contributed by atoms with Crippen molar-refractivity contribution in [1.29, 1.82) is 0 Å². The molecule has 172 valence electrons. The highest BCUT2D eigenvalue weighted by Gasteiger charge is 2.47. The van der Waals surface area contributed by atoms with Gasteiger partial charge in [-0.2, -0.15) is 9.40 Å². The average molecular weight is 486 g/mol. The van der Waals surface area contributed by atoms with Crippen LogP contribution in [-0.4, -0.2) is 62.4 Å². The Kier molecular flexibility index (Phi) is 4.95. The van der Waals surface area contributed by atoms with Crippen LogP contribution in [0.2, 0.25) is 5.02 Å².